The molecule has 3 aromatic rings. The monoisotopic (exact) mass is 504 g/mol. The van der Waals surface area contributed by atoms with E-state index in [0.717, 1.165) is 11.1 Å². The lowest BCUT2D eigenvalue weighted by atomic mass is 9.84. The standard InChI is InChI=1S/C29H29ClN2O4/c1-6-36-23-13-10-18(16-20(23)29(3,4)5)26(33)24-25(21-9-7-8-14-31-21)32(28(35)27(24)34)22-12-11-19(30)15-17(22)2/h7-16,25,33H,6H2,1-5H3/b26-24-. The van der Waals surface area contributed by atoms with Gasteiger partial charge in [-0.15, -0.1) is 0 Å². The minimum absolute atomic E-state index is 0.0166. The molecule has 186 valence electrons. The number of aromatic nitrogens is 1. The second-order valence-corrected chi connectivity index (χ2v) is 10.2. The first-order chi connectivity index (χ1) is 17.0. The van der Waals surface area contributed by atoms with Gasteiger partial charge in [-0.3, -0.25) is 19.5 Å². The van der Waals surface area contributed by atoms with Gasteiger partial charge in [0.1, 0.15) is 17.6 Å². The Morgan fingerprint density at radius 1 is 1.11 bits per heavy atom. The number of aryl methyl sites for hydroxylation is 1. The summed E-state index contributed by atoms with van der Waals surface area (Å²) in [6.07, 6.45) is 1.60. The highest BCUT2D eigenvalue weighted by Crippen LogP contribution is 2.43. The van der Waals surface area contributed by atoms with Gasteiger partial charge in [-0.1, -0.05) is 38.4 Å². The number of hydrogen-bond donors (Lipinski definition) is 1. The van der Waals surface area contributed by atoms with Crippen LogP contribution in [0, 0.1) is 6.92 Å². The SMILES string of the molecule is CCOc1ccc(/C(O)=C2/C(=O)C(=O)N(c3ccc(Cl)cc3C)C2c2ccccn2)cc1C(C)(C)C. The Hall–Kier alpha value is -3.64. The molecule has 1 aromatic heterocycles. The highest BCUT2D eigenvalue weighted by Gasteiger charge is 2.48. The van der Waals surface area contributed by atoms with E-state index in [0.29, 0.717) is 34.3 Å². The highest BCUT2D eigenvalue weighted by molar-refractivity contribution is 6.51. The second-order valence-electron chi connectivity index (χ2n) is 9.75. The molecule has 0 saturated carbocycles. The predicted octanol–water partition coefficient (Wildman–Crippen LogP) is 6.37. The van der Waals surface area contributed by atoms with Crippen LogP contribution in [0.3, 0.4) is 0 Å². The Morgan fingerprint density at radius 2 is 1.86 bits per heavy atom. The number of pyridine rings is 1. The van der Waals surface area contributed by atoms with E-state index in [-0.39, 0.29) is 16.7 Å². The van der Waals surface area contributed by atoms with Crippen molar-refractivity contribution >= 4 is 34.7 Å². The molecule has 0 aliphatic carbocycles. The van der Waals surface area contributed by atoms with E-state index in [1.165, 1.54) is 4.90 Å². The molecule has 4 rings (SSSR count). The third-order valence-corrected chi connectivity index (χ3v) is 6.43. The lowest BCUT2D eigenvalue weighted by Gasteiger charge is -2.26. The molecule has 1 aliphatic heterocycles. The van der Waals surface area contributed by atoms with Crippen LogP contribution < -0.4 is 9.64 Å². The van der Waals surface area contributed by atoms with Gasteiger partial charge in [0, 0.05) is 28.0 Å². The molecule has 1 atom stereocenters. The van der Waals surface area contributed by atoms with Gasteiger partial charge in [0.25, 0.3) is 11.7 Å². The highest BCUT2D eigenvalue weighted by atomic mass is 35.5. The summed E-state index contributed by atoms with van der Waals surface area (Å²) in [6, 6.07) is 14.8. The van der Waals surface area contributed by atoms with Crippen molar-refractivity contribution in [2.24, 2.45) is 0 Å². The van der Waals surface area contributed by atoms with Gasteiger partial charge in [0.15, 0.2) is 0 Å². The molecule has 6 nitrogen and oxygen atoms in total. The number of anilines is 1. The van der Waals surface area contributed by atoms with Crippen molar-refractivity contribution in [1.29, 1.82) is 0 Å². The minimum Gasteiger partial charge on any atom is -0.507 e. The summed E-state index contributed by atoms with van der Waals surface area (Å²) < 4.78 is 5.80. The van der Waals surface area contributed by atoms with Gasteiger partial charge in [-0.05, 0) is 73.4 Å². The number of nitrogens with zero attached hydrogens (tertiary/aromatic N) is 2. The van der Waals surface area contributed by atoms with E-state index in [1.807, 2.05) is 40.7 Å². The molecule has 0 spiro atoms. The number of carbonyl (C=O) groups excluding carboxylic acids is 2. The van der Waals surface area contributed by atoms with E-state index < -0.39 is 17.7 Å². The Morgan fingerprint density at radius 3 is 2.47 bits per heavy atom. The van der Waals surface area contributed by atoms with Crippen LogP contribution >= 0.6 is 11.6 Å². The van der Waals surface area contributed by atoms with Crippen LogP contribution in [0.25, 0.3) is 5.76 Å². The van der Waals surface area contributed by atoms with Crippen molar-refractivity contribution in [3.05, 3.63) is 93.8 Å². The number of amides is 1. The van der Waals surface area contributed by atoms with Crippen LogP contribution in [0.15, 0.2) is 66.4 Å². The van der Waals surface area contributed by atoms with E-state index in [2.05, 4.69) is 4.98 Å². The Balaban J connectivity index is 1.95. The van der Waals surface area contributed by atoms with Crippen LogP contribution in [0.2, 0.25) is 5.02 Å². The molecule has 1 unspecified atom stereocenters. The first-order valence-electron chi connectivity index (χ1n) is 11.8. The first-order valence-corrected chi connectivity index (χ1v) is 12.2. The summed E-state index contributed by atoms with van der Waals surface area (Å²) in [7, 11) is 0. The van der Waals surface area contributed by atoms with Crippen molar-refractivity contribution in [2.75, 3.05) is 11.5 Å². The number of ketones is 1. The summed E-state index contributed by atoms with van der Waals surface area (Å²) in [6.45, 7) is 10.4. The number of ether oxygens (including phenoxy) is 1. The van der Waals surface area contributed by atoms with E-state index in [1.54, 1.807) is 54.7 Å². The molecule has 2 aromatic carbocycles. The van der Waals surface area contributed by atoms with Gasteiger partial charge in [0.05, 0.1) is 17.9 Å². The number of aliphatic hydroxyl groups excluding tert-OH is 1. The van der Waals surface area contributed by atoms with Gasteiger partial charge in [-0.2, -0.15) is 0 Å². The molecule has 1 N–H and O–H groups in total. The summed E-state index contributed by atoms with van der Waals surface area (Å²) >= 11 is 6.15. The Bertz CT molecular complexity index is 1360. The third kappa shape index (κ3) is 4.61. The van der Waals surface area contributed by atoms with Gasteiger partial charge >= 0.3 is 0 Å². The van der Waals surface area contributed by atoms with Gasteiger partial charge in [-0.25, -0.2) is 0 Å². The quantitative estimate of drug-likeness (QED) is 0.248. The number of halogens is 1. The number of benzene rings is 2. The maximum Gasteiger partial charge on any atom is 0.300 e. The molecule has 1 amide bonds. The molecule has 1 aliphatic rings. The molecule has 1 fully saturated rings. The molecule has 0 bridgehead atoms. The third-order valence-electron chi connectivity index (χ3n) is 6.19. The summed E-state index contributed by atoms with van der Waals surface area (Å²) in [5, 5.41) is 12.0. The average Bonchev–Trinajstić information content (AvgIpc) is 3.09. The first kappa shape index (κ1) is 25.5. The van der Waals surface area contributed by atoms with Gasteiger partial charge in [0.2, 0.25) is 0 Å². The van der Waals surface area contributed by atoms with E-state index in [9.17, 15) is 14.7 Å². The number of aliphatic hydroxyl groups is 1. The lowest BCUT2D eigenvalue weighted by molar-refractivity contribution is -0.132. The fraction of sp³-hybridized carbons (Fsp3) is 0.276. The number of hydrogen-bond acceptors (Lipinski definition) is 5. The summed E-state index contributed by atoms with van der Waals surface area (Å²) in [5.41, 5.74) is 2.72. The zero-order valence-electron chi connectivity index (χ0n) is 21.0. The summed E-state index contributed by atoms with van der Waals surface area (Å²) in [5.74, 6) is -1.06. The number of carbonyl (C=O) groups is 2. The molecule has 7 heteroatoms. The predicted molar refractivity (Wildman–Crippen MR) is 142 cm³/mol. The zero-order valence-corrected chi connectivity index (χ0v) is 21.8. The fourth-order valence-electron chi connectivity index (χ4n) is 4.49. The summed E-state index contributed by atoms with van der Waals surface area (Å²) in [4.78, 5) is 32.6. The number of rotatable bonds is 5. The Labute approximate surface area is 216 Å². The van der Waals surface area contributed by atoms with Crippen molar-refractivity contribution in [3.8, 4) is 5.75 Å². The molecule has 0 radical (unpaired) electrons. The molecule has 2 heterocycles. The van der Waals surface area contributed by atoms with E-state index in [4.69, 9.17) is 16.3 Å². The van der Waals surface area contributed by atoms with Crippen molar-refractivity contribution < 1.29 is 19.4 Å². The average molecular weight is 505 g/mol. The normalized spacial score (nSPS) is 17.5. The van der Waals surface area contributed by atoms with Crippen LogP contribution in [-0.4, -0.2) is 28.4 Å². The maximum absolute atomic E-state index is 13.4. The van der Waals surface area contributed by atoms with Crippen molar-refractivity contribution in [1.82, 2.24) is 4.98 Å². The van der Waals surface area contributed by atoms with Crippen LogP contribution in [0.1, 0.15) is 56.1 Å². The number of Topliss-reactive ketones (excluding diaryl/α,β-unsaturated/α-hetero) is 1. The lowest BCUT2D eigenvalue weighted by Crippen LogP contribution is -2.30. The van der Waals surface area contributed by atoms with Crippen molar-refractivity contribution in [3.63, 3.8) is 0 Å². The minimum atomic E-state index is -0.907. The Kier molecular flexibility index (Phi) is 6.92. The molecular weight excluding hydrogens is 476 g/mol. The molecule has 36 heavy (non-hydrogen) atoms. The van der Waals surface area contributed by atoms with Crippen LogP contribution in [-0.2, 0) is 15.0 Å². The van der Waals surface area contributed by atoms with Crippen LogP contribution in [0.5, 0.6) is 5.75 Å². The van der Waals surface area contributed by atoms with Gasteiger partial charge < -0.3 is 9.84 Å². The molecular formula is C29H29ClN2O4. The topological polar surface area (TPSA) is 79.7 Å². The van der Waals surface area contributed by atoms with E-state index >= 15 is 0 Å². The largest absolute Gasteiger partial charge is 0.507 e. The fourth-order valence-corrected chi connectivity index (χ4v) is 4.71. The molecule has 1 saturated heterocycles. The zero-order chi connectivity index (χ0) is 26.2. The van der Waals surface area contributed by atoms with Crippen molar-refractivity contribution in [2.45, 2.75) is 46.1 Å². The maximum atomic E-state index is 13.4. The smallest absolute Gasteiger partial charge is 0.300 e. The van der Waals surface area contributed by atoms with Crippen LogP contribution in [0.4, 0.5) is 5.69 Å². The second kappa shape index (κ2) is 9.78.